The highest BCUT2D eigenvalue weighted by Gasteiger charge is 2.04. The van der Waals surface area contributed by atoms with Crippen molar-refractivity contribution in [3.63, 3.8) is 0 Å². The molecule has 16 heavy (non-hydrogen) atoms. The zero-order chi connectivity index (χ0) is 11.4. The molecule has 0 aromatic carbocycles. The van der Waals surface area contributed by atoms with Crippen LogP contribution in [0, 0.1) is 6.92 Å². The van der Waals surface area contributed by atoms with Crippen molar-refractivity contribution < 1.29 is 9.15 Å². The Labute approximate surface area is 94.3 Å². The fourth-order valence-electron chi connectivity index (χ4n) is 1.41. The van der Waals surface area contributed by atoms with E-state index < -0.39 is 0 Å². The number of nitrogens with one attached hydrogen (secondary N) is 1. The number of aromatic nitrogens is 1. The van der Waals surface area contributed by atoms with E-state index in [4.69, 9.17) is 9.15 Å². The predicted octanol–water partition coefficient (Wildman–Crippen LogP) is 2.60. The molecule has 0 unspecified atom stereocenters. The summed E-state index contributed by atoms with van der Waals surface area (Å²) in [5, 5.41) is 3.21. The van der Waals surface area contributed by atoms with Crippen molar-refractivity contribution in [3.8, 4) is 5.75 Å². The van der Waals surface area contributed by atoms with Gasteiger partial charge in [-0.2, -0.15) is 0 Å². The SMILES string of the molecule is COc1ccc(C)nc1NCc1ccoc1. The first-order valence-corrected chi connectivity index (χ1v) is 5.06. The van der Waals surface area contributed by atoms with E-state index in [2.05, 4.69) is 10.3 Å². The Morgan fingerprint density at radius 2 is 2.25 bits per heavy atom. The third-order valence-corrected chi connectivity index (χ3v) is 2.26. The van der Waals surface area contributed by atoms with Crippen LogP contribution in [0.2, 0.25) is 0 Å². The first kappa shape index (κ1) is 10.5. The molecule has 4 heteroatoms. The van der Waals surface area contributed by atoms with Crippen molar-refractivity contribution in [1.29, 1.82) is 0 Å². The summed E-state index contributed by atoms with van der Waals surface area (Å²) in [6.45, 7) is 2.62. The highest BCUT2D eigenvalue weighted by molar-refractivity contribution is 5.50. The number of furan rings is 1. The van der Waals surface area contributed by atoms with Crippen LogP contribution in [0.25, 0.3) is 0 Å². The van der Waals surface area contributed by atoms with Crippen LogP contribution in [0.5, 0.6) is 5.75 Å². The Hall–Kier alpha value is -1.97. The van der Waals surface area contributed by atoms with E-state index in [0.29, 0.717) is 6.54 Å². The molecule has 2 rings (SSSR count). The Bertz CT molecular complexity index is 452. The molecule has 2 aromatic heterocycles. The van der Waals surface area contributed by atoms with Gasteiger partial charge in [0.05, 0.1) is 19.6 Å². The van der Waals surface area contributed by atoms with Gasteiger partial charge in [0.25, 0.3) is 0 Å². The number of pyridine rings is 1. The van der Waals surface area contributed by atoms with Gasteiger partial charge < -0.3 is 14.5 Å². The molecule has 0 amide bonds. The minimum absolute atomic E-state index is 0.670. The summed E-state index contributed by atoms with van der Waals surface area (Å²) < 4.78 is 10.2. The molecule has 2 aromatic rings. The van der Waals surface area contributed by atoms with E-state index in [-0.39, 0.29) is 0 Å². The molecule has 4 nitrogen and oxygen atoms in total. The van der Waals surface area contributed by atoms with E-state index in [1.165, 1.54) is 0 Å². The second-order valence-electron chi connectivity index (χ2n) is 3.49. The quantitative estimate of drug-likeness (QED) is 0.856. The number of nitrogens with zero attached hydrogens (tertiary/aromatic N) is 1. The summed E-state index contributed by atoms with van der Waals surface area (Å²) in [5.74, 6) is 1.50. The topological polar surface area (TPSA) is 47.3 Å². The van der Waals surface area contributed by atoms with Gasteiger partial charge >= 0.3 is 0 Å². The molecule has 0 saturated carbocycles. The lowest BCUT2D eigenvalue weighted by Crippen LogP contribution is -2.03. The number of methoxy groups -OCH3 is 1. The number of aryl methyl sites for hydroxylation is 1. The number of hydrogen-bond acceptors (Lipinski definition) is 4. The lowest BCUT2D eigenvalue weighted by atomic mass is 10.3. The van der Waals surface area contributed by atoms with E-state index in [1.54, 1.807) is 19.6 Å². The van der Waals surface area contributed by atoms with Gasteiger partial charge in [0.2, 0.25) is 0 Å². The molecule has 0 bridgehead atoms. The van der Waals surface area contributed by atoms with Crippen molar-refractivity contribution >= 4 is 5.82 Å². The predicted molar refractivity (Wildman–Crippen MR) is 61.6 cm³/mol. The fraction of sp³-hybridized carbons (Fsp3) is 0.250. The second kappa shape index (κ2) is 4.70. The largest absolute Gasteiger partial charge is 0.493 e. The minimum atomic E-state index is 0.670. The van der Waals surface area contributed by atoms with Gasteiger partial charge in [0.1, 0.15) is 0 Å². The van der Waals surface area contributed by atoms with Gasteiger partial charge in [0, 0.05) is 17.8 Å². The van der Waals surface area contributed by atoms with E-state index in [1.807, 2.05) is 25.1 Å². The lowest BCUT2D eigenvalue weighted by molar-refractivity contribution is 0.414. The maximum Gasteiger partial charge on any atom is 0.169 e. The number of hydrogen-bond donors (Lipinski definition) is 1. The van der Waals surface area contributed by atoms with E-state index >= 15 is 0 Å². The van der Waals surface area contributed by atoms with E-state index in [0.717, 1.165) is 22.8 Å². The lowest BCUT2D eigenvalue weighted by Gasteiger charge is -2.09. The molecule has 0 aliphatic rings. The van der Waals surface area contributed by atoms with Crippen LogP contribution >= 0.6 is 0 Å². The first-order valence-electron chi connectivity index (χ1n) is 5.06. The molecule has 0 spiro atoms. The zero-order valence-corrected chi connectivity index (χ0v) is 9.36. The van der Waals surface area contributed by atoms with Gasteiger partial charge in [0.15, 0.2) is 11.6 Å². The maximum atomic E-state index is 5.22. The molecule has 0 aliphatic heterocycles. The van der Waals surface area contributed by atoms with Gasteiger partial charge in [-0.1, -0.05) is 0 Å². The molecule has 0 radical (unpaired) electrons. The van der Waals surface area contributed by atoms with E-state index in [9.17, 15) is 0 Å². The Kier molecular flexibility index (Phi) is 3.10. The summed E-state index contributed by atoms with van der Waals surface area (Å²) in [6, 6.07) is 5.73. The molecule has 84 valence electrons. The molecule has 0 aliphatic carbocycles. The average molecular weight is 218 g/mol. The van der Waals surface area contributed by atoms with Crippen molar-refractivity contribution in [2.24, 2.45) is 0 Å². The number of ether oxygens (including phenoxy) is 1. The van der Waals surface area contributed by atoms with Gasteiger partial charge in [-0.15, -0.1) is 0 Å². The van der Waals surface area contributed by atoms with Crippen LogP contribution in [0.4, 0.5) is 5.82 Å². The Morgan fingerprint density at radius 3 is 2.94 bits per heavy atom. The molecule has 2 heterocycles. The third-order valence-electron chi connectivity index (χ3n) is 2.26. The summed E-state index contributed by atoms with van der Waals surface area (Å²) in [5.41, 5.74) is 2.03. The van der Waals surface area contributed by atoms with Crippen LogP contribution in [-0.2, 0) is 6.54 Å². The van der Waals surface area contributed by atoms with Crippen LogP contribution in [-0.4, -0.2) is 12.1 Å². The van der Waals surface area contributed by atoms with Crippen LogP contribution in [0.1, 0.15) is 11.3 Å². The Morgan fingerprint density at radius 1 is 1.38 bits per heavy atom. The molecule has 0 fully saturated rings. The summed E-state index contributed by atoms with van der Waals surface area (Å²) in [4.78, 5) is 4.38. The van der Waals surface area contributed by atoms with Crippen LogP contribution < -0.4 is 10.1 Å². The highest BCUT2D eigenvalue weighted by Crippen LogP contribution is 2.22. The first-order chi connectivity index (χ1) is 7.79. The van der Waals surface area contributed by atoms with Gasteiger partial charge in [-0.05, 0) is 25.1 Å². The average Bonchev–Trinajstić information content (AvgIpc) is 2.79. The highest BCUT2D eigenvalue weighted by atomic mass is 16.5. The Balaban J connectivity index is 2.11. The smallest absolute Gasteiger partial charge is 0.169 e. The second-order valence-corrected chi connectivity index (χ2v) is 3.49. The number of anilines is 1. The van der Waals surface area contributed by atoms with Gasteiger partial charge in [-0.3, -0.25) is 0 Å². The standard InChI is InChI=1S/C12H14N2O2/c1-9-3-4-11(15-2)12(14-9)13-7-10-5-6-16-8-10/h3-6,8H,7H2,1-2H3,(H,13,14). The van der Waals surface area contributed by atoms with Crippen molar-refractivity contribution in [2.45, 2.75) is 13.5 Å². The van der Waals surface area contributed by atoms with Crippen molar-refractivity contribution in [1.82, 2.24) is 4.98 Å². The van der Waals surface area contributed by atoms with Crippen LogP contribution in [0.15, 0.2) is 35.1 Å². The molecular formula is C12H14N2O2. The molecule has 0 saturated heterocycles. The van der Waals surface area contributed by atoms with Gasteiger partial charge in [-0.25, -0.2) is 4.98 Å². The van der Waals surface area contributed by atoms with Crippen molar-refractivity contribution in [3.05, 3.63) is 42.0 Å². The third kappa shape index (κ3) is 2.34. The zero-order valence-electron chi connectivity index (χ0n) is 9.36. The summed E-state index contributed by atoms with van der Waals surface area (Å²) in [7, 11) is 1.63. The minimum Gasteiger partial charge on any atom is -0.493 e. The van der Waals surface area contributed by atoms with Crippen molar-refractivity contribution in [2.75, 3.05) is 12.4 Å². The molecular weight excluding hydrogens is 204 g/mol. The summed E-state index contributed by atoms with van der Waals surface area (Å²) in [6.07, 6.45) is 3.35. The fourth-order valence-corrected chi connectivity index (χ4v) is 1.41. The summed E-state index contributed by atoms with van der Waals surface area (Å²) >= 11 is 0. The molecule has 0 atom stereocenters. The molecule has 1 N–H and O–H groups in total. The van der Waals surface area contributed by atoms with Crippen LogP contribution in [0.3, 0.4) is 0 Å². The maximum absolute atomic E-state index is 5.22. The monoisotopic (exact) mass is 218 g/mol. The normalized spacial score (nSPS) is 10.1. The number of rotatable bonds is 4.